The fourth-order valence-electron chi connectivity index (χ4n) is 3.52. The van der Waals surface area contributed by atoms with Gasteiger partial charge in [0.2, 0.25) is 0 Å². The van der Waals surface area contributed by atoms with Crippen molar-refractivity contribution in [1.29, 1.82) is 0 Å². The Bertz CT molecular complexity index is 1520. The molecule has 9 nitrogen and oxygen atoms in total. The molecule has 2 aromatic carbocycles. The third-order valence-electron chi connectivity index (χ3n) is 5.21. The summed E-state index contributed by atoms with van der Waals surface area (Å²) < 4.78 is 0. The smallest absolute Gasteiger partial charge is 0.305 e. The number of carbonyl (C=O) groups excluding carboxylic acids is 1. The molecule has 3 N–H and O–H groups in total. The van der Waals surface area contributed by atoms with Gasteiger partial charge in [0.1, 0.15) is 26.9 Å². The Morgan fingerprint density at radius 1 is 0.917 bits per heavy atom. The second-order valence-corrected chi connectivity index (χ2v) is 8.72. The summed E-state index contributed by atoms with van der Waals surface area (Å²) in [6, 6.07) is 21.9. The molecule has 0 bridgehead atoms. The number of aromatic nitrogens is 4. The number of pyridine rings is 1. The number of para-hydroxylation sites is 1. The zero-order chi connectivity index (χ0) is 24.9. The van der Waals surface area contributed by atoms with Crippen LogP contribution in [0.4, 0.5) is 11.5 Å². The van der Waals surface area contributed by atoms with Crippen molar-refractivity contribution in [3.8, 4) is 22.0 Å². The van der Waals surface area contributed by atoms with E-state index >= 15 is 0 Å². The number of thiazole rings is 1. The SMILES string of the molecule is O=C(O)CCNc1cc(C(=O)Nc2ccccc2-c2nc3cccnc3s2)nc(-c2ccccc2)n1. The highest BCUT2D eigenvalue weighted by atomic mass is 32.1. The molecule has 0 aliphatic rings. The fourth-order valence-corrected chi connectivity index (χ4v) is 4.46. The van der Waals surface area contributed by atoms with Gasteiger partial charge in [-0.1, -0.05) is 53.8 Å². The number of amides is 1. The summed E-state index contributed by atoms with van der Waals surface area (Å²) in [6.45, 7) is 0.163. The van der Waals surface area contributed by atoms with E-state index in [1.54, 1.807) is 12.3 Å². The van der Waals surface area contributed by atoms with Crippen LogP contribution in [0.3, 0.4) is 0 Å². The van der Waals surface area contributed by atoms with Crippen molar-refractivity contribution in [3.05, 3.63) is 84.7 Å². The van der Waals surface area contributed by atoms with Crippen molar-refractivity contribution in [2.75, 3.05) is 17.2 Å². The van der Waals surface area contributed by atoms with Gasteiger partial charge in [0, 0.05) is 29.9 Å². The monoisotopic (exact) mass is 496 g/mol. The van der Waals surface area contributed by atoms with Gasteiger partial charge in [0.25, 0.3) is 5.91 Å². The van der Waals surface area contributed by atoms with E-state index in [1.165, 1.54) is 17.4 Å². The molecule has 0 spiro atoms. The number of fused-ring (bicyclic) bond motifs is 1. The average molecular weight is 497 g/mol. The zero-order valence-electron chi connectivity index (χ0n) is 18.9. The van der Waals surface area contributed by atoms with E-state index < -0.39 is 11.9 Å². The normalized spacial score (nSPS) is 10.8. The Kier molecular flexibility index (Phi) is 6.59. The maximum Gasteiger partial charge on any atom is 0.305 e. The quantitative estimate of drug-likeness (QED) is 0.275. The maximum absolute atomic E-state index is 13.3. The van der Waals surface area contributed by atoms with E-state index in [1.807, 2.05) is 60.7 Å². The summed E-state index contributed by atoms with van der Waals surface area (Å²) in [7, 11) is 0. The summed E-state index contributed by atoms with van der Waals surface area (Å²) in [4.78, 5) is 43.0. The van der Waals surface area contributed by atoms with Crippen molar-refractivity contribution >= 4 is 45.1 Å². The molecule has 0 atom stereocenters. The van der Waals surface area contributed by atoms with Crippen LogP contribution in [0.15, 0.2) is 79.0 Å². The van der Waals surface area contributed by atoms with Crippen molar-refractivity contribution in [1.82, 2.24) is 19.9 Å². The van der Waals surface area contributed by atoms with E-state index in [9.17, 15) is 9.59 Å². The number of rotatable bonds is 8. The van der Waals surface area contributed by atoms with E-state index in [4.69, 9.17) is 5.11 Å². The summed E-state index contributed by atoms with van der Waals surface area (Å²) in [5.41, 5.74) is 3.02. The number of benzene rings is 2. The highest BCUT2D eigenvalue weighted by molar-refractivity contribution is 7.21. The van der Waals surface area contributed by atoms with Crippen LogP contribution in [-0.4, -0.2) is 43.5 Å². The van der Waals surface area contributed by atoms with Crippen LogP contribution < -0.4 is 10.6 Å². The van der Waals surface area contributed by atoms with Crippen LogP contribution >= 0.6 is 11.3 Å². The number of aliphatic carboxylic acids is 1. The number of hydrogen-bond donors (Lipinski definition) is 3. The van der Waals surface area contributed by atoms with Crippen LogP contribution in [0.1, 0.15) is 16.9 Å². The molecular weight excluding hydrogens is 476 g/mol. The van der Waals surface area contributed by atoms with Crippen LogP contribution in [0.25, 0.3) is 32.3 Å². The molecule has 3 heterocycles. The minimum Gasteiger partial charge on any atom is -0.481 e. The van der Waals surface area contributed by atoms with Gasteiger partial charge >= 0.3 is 5.97 Å². The van der Waals surface area contributed by atoms with Crippen molar-refractivity contribution < 1.29 is 14.7 Å². The molecule has 0 fully saturated rings. The molecule has 5 aromatic rings. The Balaban J connectivity index is 1.47. The van der Waals surface area contributed by atoms with E-state index in [0.717, 1.165) is 26.5 Å². The first kappa shape index (κ1) is 23.1. The Labute approximate surface area is 209 Å². The molecule has 0 radical (unpaired) electrons. The van der Waals surface area contributed by atoms with Crippen molar-refractivity contribution in [3.63, 3.8) is 0 Å². The second kappa shape index (κ2) is 10.3. The van der Waals surface area contributed by atoms with Gasteiger partial charge < -0.3 is 15.7 Å². The molecule has 0 saturated heterocycles. The molecule has 36 heavy (non-hydrogen) atoms. The Hall–Kier alpha value is -4.70. The number of carbonyl (C=O) groups is 2. The molecule has 0 saturated carbocycles. The van der Waals surface area contributed by atoms with E-state index in [2.05, 4.69) is 30.6 Å². The molecule has 0 aliphatic carbocycles. The minimum atomic E-state index is -0.931. The van der Waals surface area contributed by atoms with Crippen molar-refractivity contribution in [2.45, 2.75) is 6.42 Å². The van der Waals surface area contributed by atoms with Gasteiger partial charge in [-0.15, -0.1) is 0 Å². The first-order chi connectivity index (χ1) is 17.6. The summed E-state index contributed by atoms with van der Waals surface area (Å²) in [6.07, 6.45) is 1.64. The Morgan fingerprint density at radius 3 is 2.53 bits per heavy atom. The van der Waals surface area contributed by atoms with Gasteiger partial charge in [-0.3, -0.25) is 9.59 Å². The largest absolute Gasteiger partial charge is 0.481 e. The standard InChI is InChI=1S/C26H20N6O3S/c33-22(34)12-14-27-21-15-20(29-23(32-21)16-7-2-1-3-8-16)24(35)30-18-10-5-4-9-17(18)25-31-19-11-6-13-28-26(19)36-25/h1-11,13,15H,12,14H2,(H,30,35)(H,33,34)(H,27,29,32). The van der Waals surface area contributed by atoms with Gasteiger partial charge in [-0.05, 0) is 24.3 Å². The fraction of sp³-hybridized carbons (Fsp3) is 0.0769. The topological polar surface area (TPSA) is 130 Å². The van der Waals surface area contributed by atoms with Crippen molar-refractivity contribution in [2.24, 2.45) is 0 Å². The third kappa shape index (κ3) is 5.18. The molecule has 1 amide bonds. The lowest BCUT2D eigenvalue weighted by Gasteiger charge is -2.12. The lowest BCUT2D eigenvalue weighted by atomic mass is 10.1. The molecule has 0 unspecified atom stereocenters. The Morgan fingerprint density at radius 2 is 1.72 bits per heavy atom. The van der Waals surface area contributed by atoms with Gasteiger partial charge in [0.05, 0.1) is 12.1 Å². The van der Waals surface area contributed by atoms with Crippen LogP contribution in [0.2, 0.25) is 0 Å². The van der Waals surface area contributed by atoms with Crippen LogP contribution in [-0.2, 0) is 4.79 Å². The lowest BCUT2D eigenvalue weighted by molar-refractivity contribution is -0.136. The van der Waals surface area contributed by atoms with Crippen LogP contribution in [0.5, 0.6) is 0 Å². The predicted octanol–water partition coefficient (Wildman–Crippen LogP) is 4.95. The number of hydrogen-bond acceptors (Lipinski definition) is 8. The molecule has 0 aliphatic heterocycles. The molecule has 10 heteroatoms. The van der Waals surface area contributed by atoms with Gasteiger partial charge in [-0.2, -0.15) is 0 Å². The zero-order valence-corrected chi connectivity index (χ0v) is 19.7. The second-order valence-electron chi connectivity index (χ2n) is 7.74. The van der Waals surface area contributed by atoms with E-state index in [0.29, 0.717) is 17.3 Å². The summed E-state index contributed by atoms with van der Waals surface area (Å²) in [5, 5.41) is 15.6. The predicted molar refractivity (Wildman–Crippen MR) is 139 cm³/mol. The van der Waals surface area contributed by atoms with Gasteiger partial charge in [0.15, 0.2) is 5.82 Å². The number of carboxylic acid groups (broad SMARTS) is 1. The summed E-state index contributed by atoms with van der Waals surface area (Å²) >= 11 is 1.44. The first-order valence-electron chi connectivity index (χ1n) is 11.1. The third-order valence-corrected chi connectivity index (χ3v) is 6.22. The minimum absolute atomic E-state index is 0.0867. The average Bonchev–Trinajstić information content (AvgIpc) is 3.33. The summed E-state index contributed by atoms with van der Waals surface area (Å²) in [5.74, 6) is -0.644. The molecule has 5 rings (SSSR count). The lowest BCUT2D eigenvalue weighted by Crippen LogP contribution is -2.17. The number of carboxylic acids is 1. The molecular formula is C26H20N6O3S. The van der Waals surface area contributed by atoms with Crippen LogP contribution in [0, 0.1) is 0 Å². The first-order valence-corrected chi connectivity index (χ1v) is 11.9. The number of nitrogens with zero attached hydrogens (tertiary/aromatic N) is 4. The highest BCUT2D eigenvalue weighted by Crippen LogP contribution is 2.33. The van der Waals surface area contributed by atoms with E-state index in [-0.39, 0.29) is 18.7 Å². The van der Waals surface area contributed by atoms with Gasteiger partial charge in [-0.25, -0.2) is 19.9 Å². The highest BCUT2D eigenvalue weighted by Gasteiger charge is 2.17. The molecule has 178 valence electrons. The molecule has 3 aromatic heterocycles. The number of nitrogens with one attached hydrogen (secondary N) is 2. The maximum atomic E-state index is 13.3. The number of anilines is 2.